The van der Waals surface area contributed by atoms with Crippen LogP contribution in [0.4, 0.5) is 5.69 Å². The van der Waals surface area contributed by atoms with Crippen LogP contribution in [0.5, 0.6) is 5.75 Å². The van der Waals surface area contributed by atoms with E-state index < -0.39 is 16.0 Å². The number of hydrogen-bond acceptors (Lipinski definition) is 5. The van der Waals surface area contributed by atoms with E-state index in [-0.39, 0.29) is 22.9 Å². The van der Waals surface area contributed by atoms with E-state index in [1.54, 1.807) is 38.1 Å². The van der Waals surface area contributed by atoms with Crippen LogP contribution in [0, 0.1) is 0 Å². The molecule has 6 nitrogen and oxygen atoms in total. The molecule has 0 fully saturated rings. The Hall–Kier alpha value is -2.54. The van der Waals surface area contributed by atoms with E-state index in [4.69, 9.17) is 9.47 Å². The summed E-state index contributed by atoms with van der Waals surface area (Å²) < 4.78 is 38.2. The Bertz CT molecular complexity index is 860. The molecule has 0 unspecified atom stereocenters. The van der Waals surface area contributed by atoms with Gasteiger partial charge in [0.1, 0.15) is 5.75 Å². The molecule has 1 N–H and O–H groups in total. The van der Waals surface area contributed by atoms with Crippen LogP contribution in [0.1, 0.15) is 36.7 Å². The highest BCUT2D eigenvalue weighted by molar-refractivity contribution is 7.92. The molecular formula is C19H23NO5S. The van der Waals surface area contributed by atoms with Crippen LogP contribution in [0.2, 0.25) is 0 Å². The van der Waals surface area contributed by atoms with Crippen molar-refractivity contribution in [2.45, 2.75) is 32.1 Å². The summed E-state index contributed by atoms with van der Waals surface area (Å²) in [6.07, 6.45) is 0.831. The minimum absolute atomic E-state index is 0.159. The minimum Gasteiger partial charge on any atom is -0.492 e. The van der Waals surface area contributed by atoms with Gasteiger partial charge in [0.15, 0.2) is 0 Å². The van der Waals surface area contributed by atoms with E-state index in [2.05, 4.69) is 4.72 Å². The maximum atomic E-state index is 12.6. The van der Waals surface area contributed by atoms with Crippen LogP contribution in [0.25, 0.3) is 0 Å². The molecule has 0 aliphatic rings. The number of benzene rings is 2. The molecular weight excluding hydrogens is 354 g/mol. The van der Waals surface area contributed by atoms with Crippen molar-refractivity contribution in [2.75, 3.05) is 17.9 Å². The molecule has 2 aromatic carbocycles. The first-order valence-electron chi connectivity index (χ1n) is 8.47. The summed E-state index contributed by atoms with van der Waals surface area (Å²) in [5.74, 6) is -0.218. The Labute approximate surface area is 154 Å². The highest BCUT2D eigenvalue weighted by Gasteiger charge is 2.18. The van der Waals surface area contributed by atoms with Gasteiger partial charge in [0, 0.05) is 0 Å². The minimum atomic E-state index is -3.77. The number of hydrogen-bond donors (Lipinski definition) is 1. The van der Waals surface area contributed by atoms with Gasteiger partial charge in [-0.15, -0.1) is 0 Å². The van der Waals surface area contributed by atoms with Crippen molar-refractivity contribution in [3.05, 3.63) is 53.6 Å². The summed E-state index contributed by atoms with van der Waals surface area (Å²) in [4.78, 5) is 12.0. The summed E-state index contributed by atoms with van der Waals surface area (Å²) in [5, 5.41) is 0. The fourth-order valence-corrected chi connectivity index (χ4v) is 3.40. The van der Waals surface area contributed by atoms with Crippen molar-refractivity contribution in [3.63, 3.8) is 0 Å². The molecule has 0 spiro atoms. The fraction of sp³-hybridized carbons (Fsp3) is 0.316. The summed E-state index contributed by atoms with van der Waals surface area (Å²) in [5.41, 5.74) is 1.61. The van der Waals surface area contributed by atoms with Crippen molar-refractivity contribution in [2.24, 2.45) is 0 Å². The third-order valence-corrected chi connectivity index (χ3v) is 5.06. The summed E-state index contributed by atoms with van der Waals surface area (Å²) in [6.45, 7) is 6.07. The maximum Gasteiger partial charge on any atom is 0.338 e. The number of carbonyl (C=O) groups is 1. The Morgan fingerprint density at radius 2 is 1.69 bits per heavy atom. The highest BCUT2D eigenvalue weighted by atomic mass is 32.2. The smallest absolute Gasteiger partial charge is 0.338 e. The first-order valence-corrected chi connectivity index (χ1v) is 9.95. The molecule has 0 heterocycles. The first kappa shape index (κ1) is 19.8. The normalized spacial score (nSPS) is 11.0. The summed E-state index contributed by atoms with van der Waals surface area (Å²) >= 11 is 0. The quantitative estimate of drug-likeness (QED) is 0.711. The van der Waals surface area contributed by atoms with E-state index in [0.717, 1.165) is 12.0 Å². The standard InChI is InChI=1S/C19H23NO5S/c1-4-14-7-10-16(11-8-14)26(22,23)20-17-12-9-15(19(21)25-6-3)13-18(17)24-5-2/h7-13,20H,4-6H2,1-3H3. The van der Waals surface area contributed by atoms with Gasteiger partial charge in [0.2, 0.25) is 0 Å². The molecule has 140 valence electrons. The van der Waals surface area contributed by atoms with E-state index in [0.29, 0.717) is 12.2 Å². The lowest BCUT2D eigenvalue weighted by atomic mass is 10.2. The zero-order chi connectivity index (χ0) is 19.2. The Kier molecular flexibility index (Phi) is 6.63. The Morgan fingerprint density at radius 1 is 1.00 bits per heavy atom. The van der Waals surface area contributed by atoms with Gasteiger partial charge in [0.25, 0.3) is 10.0 Å². The fourth-order valence-electron chi connectivity index (χ4n) is 2.33. The van der Waals surface area contributed by atoms with Gasteiger partial charge in [-0.25, -0.2) is 13.2 Å². The molecule has 2 rings (SSSR count). The number of sulfonamides is 1. The zero-order valence-corrected chi connectivity index (χ0v) is 15.9. The third kappa shape index (κ3) is 4.76. The van der Waals surface area contributed by atoms with Gasteiger partial charge in [-0.1, -0.05) is 19.1 Å². The van der Waals surface area contributed by atoms with E-state index >= 15 is 0 Å². The second kappa shape index (κ2) is 8.71. The maximum absolute atomic E-state index is 12.6. The third-order valence-electron chi connectivity index (χ3n) is 3.68. The van der Waals surface area contributed by atoms with Crippen LogP contribution in [0.15, 0.2) is 47.4 Å². The molecule has 26 heavy (non-hydrogen) atoms. The second-order valence-corrected chi connectivity index (χ2v) is 7.15. The molecule has 0 amide bonds. The van der Waals surface area contributed by atoms with Gasteiger partial charge < -0.3 is 9.47 Å². The predicted octanol–water partition coefficient (Wildman–Crippen LogP) is 3.63. The number of esters is 1. The molecule has 0 aliphatic heterocycles. The number of rotatable bonds is 8. The van der Waals surface area contributed by atoms with E-state index in [9.17, 15) is 13.2 Å². The molecule has 7 heteroatoms. The summed E-state index contributed by atoms with van der Waals surface area (Å²) in [7, 11) is -3.77. The SMILES string of the molecule is CCOC(=O)c1ccc(NS(=O)(=O)c2ccc(CC)cc2)c(OCC)c1. The van der Waals surface area contributed by atoms with Crippen LogP contribution < -0.4 is 9.46 Å². The van der Waals surface area contributed by atoms with Crippen LogP contribution in [-0.2, 0) is 21.2 Å². The van der Waals surface area contributed by atoms with Gasteiger partial charge in [-0.3, -0.25) is 4.72 Å². The molecule has 0 aliphatic carbocycles. The van der Waals surface area contributed by atoms with E-state index in [1.165, 1.54) is 18.2 Å². The van der Waals surface area contributed by atoms with Gasteiger partial charge in [0.05, 0.1) is 29.4 Å². The molecule has 0 saturated heterocycles. The van der Waals surface area contributed by atoms with Gasteiger partial charge in [-0.2, -0.15) is 0 Å². The highest BCUT2D eigenvalue weighted by Crippen LogP contribution is 2.29. The molecule has 2 aromatic rings. The monoisotopic (exact) mass is 377 g/mol. The van der Waals surface area contributed by atoms with Crippen LogP contribution >= 0.6 is 0 Å². The van der Waals surface area contributed by atoms with Gasteiger partial charge >= 0.3 is 5.97 Å². The largest absolute Gasteiger partial charge is 0.492 e. The molecule has 0 atom stereocenters. The number of nitrogens with one attached hydrogen (secondary N) is 1. The number of anilines is 1. The average Bonchev–Trinajstić information content (AvgIpc) is 2.63. The van der Waals surface area contributed by atoms with E-state index in [1.807, 2.05) is 6.92 Å². The molecule has 0 bridgehead atoms. The lowest BCUT2D eigenvalue weighted by molar-refractivity contribution is 0.0526. The van der Waals surface area contributed by atoms with Crippen molar-refractivity contribution >= 4 is 21.7 Å². The lowest BCUT2D eigenvalue weighted by Crippen LogP contribution is -2.14. The van der Waals surface area contributed by atoms with Crippen molar-refractivity contribution < 1.29 is 22.7 Å². The topological polar surface area (TPSA) is 81.7 Å². The van der Waals surface area contributed by atoms with Crippen molar-refractivity contribution in [3.8, 4) is 5.75 Å². The molecule has 0 saturated carbocycles. The number of carbonyl (C=O) groups excluding carboxylic acids is 1. The lowest BCUT2D eigenvalue weighted by Gasteiger charge is -2.14. The molecule has 0 radical (unpaired) electrons. The number of ether oxygens (including phenoxy) is 2. The Balaban J connectivity index is 2.32. The predicted molar refractivity (Wildman–Crippen MR) is 100 cm³/mol. The Morgan fingerprint density at radius 3 is 2.27 bits per heavy atom. The summed E-state index contributed by atoms with van der Waals surface area (Å²) in [6, 6.07) is 11.2. The zero-order valence-electron chi connectivity index (χ0n) is 15.1. The van der Waals surface area contributed by atoms with Crippen LogP contribution in [0.3, 0.4) is 0 Å². The average molecular weight is 377 g/mol. The molecule has 0 aromatic heterocycles. The van der Waals surface area contributed by atoms with Gasteiger partial charge in [-0.05, 0) is 56.2 Å². The first-order chi connectivity index (χ1) is 12.4. The second-order valence-electron chi connectivity index (χ2n) is 5.47. The van der Waals surface area contributed by atoms with Crippen LogP contribution in [-0.4, -0.2) is 27.6 Å². The number of aryl methyl sites for hydroxylation is 1. The van der Waals surface area contributed by atoms with Crippen molar-refractivity contribution in [1.29, 1.82) is 0 Å². The van der Waals surface area contributed by atoms with Crippen molar-refractivity contribution in [1.82, 2.24) is 0 Å².